The van der Waals surface area contributed by atoms with E-state index in [9.17, 15) is 9.59 Å². The van der Waals surface area contributed by atoms with Crippen molar-refractivity contribution in [3.63, 3.8) is 0 Å². The highest BCUT2D eigenvalue weighted by Crippen LogP contribution is 2.12. The van der Waals surface area contributed by atoms with E-state index in [2.05, 4.69) is 20.9 Å². The van der Waals surface area contributed by atoms with Crippen LogP contribution in [0.1, 0.15) is 49.3 Å². The number of benzene rings is 1. The number of carbonyl (C=O) groups is 2. The molecule has 2 atom stereocenters. The summed E-state index contributed by atoms with van der Waals surface area (Å²) in [5, 5.41) is 8.48. The van der Waals surface area contributed by atoms with Gasteiger partial charge in [0.15, 0.2) is 0 Å². The number of rotatable bonds is 6. The van der Waals surface area contributed by atoms with E-state index < -0.39 is 0 Å². The maximum absolute atomic E-state index is 12.1. The van der Waals surface area contributed by atoms with Gasteiger partial charge >= 0.3 is 6.03 Å². The second kappa shape index (κ2) is 8.82. The van der Waals surface area contributed by atoms with E-state index in [0.717, 1.165) is 12.1 Å². The van der Waals surface area contributed by atoms with Gasteiger partial charge in [-0.1, -0.05) is 13.0 Å². The Morgan fingerprint density at radius 2 is 1.76 bits per heavy atom. The van der Waals surface area contributed by atoms with Crippen LogP contribution in [0, 0.1) is 0 Å². The maximum atomic E-state index is 12.1. The fourth-order valence-electron chi connectivity index (χ4n) is 2.18. The third-order valence-electron chi connectivity index (χ3n) is 3.87. The summed E-state index contributed by atoms with van der Waals surface area (Å²) in [6.45, 7) is 5.84. The molecule has 0 aliphatic carbocycles. The van der Waals surface area contributed by atoms with E-state index in [1.165, 1.54) is 0 Å². The molecular weight excluding hydrogens is 316 g/mol. The molecule has 0 radical (unpaired) electrons. The van der Waals surface area contributed by atoms with Crippen LogP contribution in [0.3, 0.4) is 0 Å². The van der Waals surface area contributed by atoms with Crippen molar-refractivity contribution in [3.05, 3.63) is 59.9 Å². The van der Waals surface area contributed by atoms with Crippen LogP contribution in [0.4, 0.5) is 10.5 Å². The van der Waals surface area contributed by atoms with E-state index in [0.29, 0.717) is 11.3 Å². The molecule has 3 N–H and O–H groups in total. The quantitative estimate of drug-likeness (QED) is 0.753. The van der Waals surface area contributed by atoms with Crippen molar-refractivity contribution in [1.82, 2.24) is 15.6 Å². The average molecular weight is 340 g/mol. The molecule has 2 rings (SSSR count). The Hall–Kier alpha value is -2.89. The Labute approximate surface area is 148 Å². The van der Waals surface area contributed by atoms with Crippen molar-refractivity contribution in [2.24, 2.45) is 0 Å². The second-order valence-electron chi connectivity index (χ2n) is 5.93. The second-order valence-corrected chi connectivity index (χ2v) is 5.93. The standard InChI is InChI=1S/C19H24N4O2/c1-4-13(2)21-18(24)15-8-10-16(11-9-15)23-19(25)22-14(3)17-7-5-6-12-20-17/h5-14H,4H2,1-3H3,(H,21,24)(H2,22,23,25). The lowest BCUT2D eigenvalue weighted by molar-refractivity contribution is 0.0939. The van der Waals surface area contributed by atoms with Crippen molar-refractivity contribution < 1.29 is 9.59 Å². The van der Waals surface area contributed by atoms with Gasteiger partial charge in [0.05, 0.1) is 11.7 Å². The Kier molecular flexibility index (Phi) is 6.51. The number of hydrogen-bond donors (Lipinski definition) is 3. The molecule has 1 heterocycles. The zero-order chi connectivity index (χ0) is 18.2. The van der Waals surface area contributed by atoms with E-state index in [1.54, 1.807) is 30.5 Å². The smallest absolute Gasteiger partial charge is 0.319 e. The van der Waals surface area contributed by atoms with Crippen LogP contribution in [-0.2, 0) is 0 Å². The van der Waals surface area contributed by atoms with E-state index in [-0.39, 0.29) is 24.0 Å². The Morgan fingerprint density at radius 1 is 1.04 bits per heavy atom. The van der Waals surface area contributed by atoms with Gasteiger partial charge < -0.3 is 16.0 Å². The molecule has 2 aromatic rings. The lowest BCUT2D eigenvalue weighted by Crippen LogP contribution is -2.32. The first-order chi connectivity index (χ1) is 12.0. The Morgan fingerprint density at radius 3 is 2.36 bits per heavy atom. The van der Waals surface area contributed by atoms with Gasteiger partial charge in [0, 0.05) is 23.5 Å². The van der Waals surface area contributed by atoms with Gasteiger partial charge in [-0.05, 0) is 56.7 Å². The SMILES string of the molecule is CCC(C)NC(=O)c1ccc(NC(=O)NC(C)c2ccccn2)cc1. The van der Waals surface area contributed by atoms with Crippen LogP contribution in [0.2, 0.25) is 0 Å². The maximum Gasteiger partial charge on any atom is 0.319 e. The monoisotopic (exact) mass is 340 g/mol. The molecule has 25 heavy (non-hydrogen) atoms. The molecule has 0 aliphatic rings. The first-order valence-corrected chi connectivity index (χ1v) is 8.39. The lowest BCUT2D eigenvalue weighted by Gasteiger charge is -2.14. The highest BCUT2D eigenvalue weighted by molar-refractivity contribution is 5.95. The number of carbonyl (C=O) groups excluding carboxylic acids is 2. The van der Waals surface area contributed by atoms with Crippen LogP contribution in [0.25, 0.3) is 0 Å². The number of nitrogens with zero attached hydrogens (tertiary/aromatic N) is 1. The van der Waals surface area contributed by atoms with Crippen molar-refractivity contribution in [3.8, 4) is 0 Å². The van der Waals surface area contributed by atoms with Gasteiger partial charge in [-0.3, -0.25) is 9.78 Å². The highest BCUT2D eigenvalue weighted by Gasteiger charge is 2.11. The van der Waals surface area contributed by atoms with Crippen molar-refractivity contribution in [2.45, 2.75) is 39.3 Å². The first kappa shape index (κ1) is 18.4. The van der Waals surface area contributed by atoms with Gasteiger partial charge in [-0.25, -0.2) is 4.79 Å². The minimum Gasteiger partial charge on any atom is -0.350 e. The van der Waals surface area contributed by atoms with E-state index in [1.807, 2.05) is 39.0 Å². The summed E-state index contributed by atoms with van der Waals surface area (Å²) in [4.78, 5) is 28.3. The average Bonchev–Trinajstić information content (AvgIpc) is 2.62. The minimum absolute atomic E-state index is 0.117. The van der Waals surface area contributed by atoms with Gasteiger partial charge in [-0.15, -0.1) is 0 Å². The van der Waals surface area contributed by atoms with Gasteiger partial charge in [-0.2, -0.15) is 0 Å². The number of anilines is 1. The van der Waals surface area contributed by atoms with Gasteiger partial charge in [0.2, 0.25) is 0 Å². The normalized spacial score (nSPS) is 12.8. The molecule has 1 aromatic carbocycles. The molecule has 3 amide bonds. The topological polar surface area (TPSA) is 83.1 Å². The molecule has 6 heteroatoms. The lowest BCUT2D eigenvalue weighted by atomic mass is 10.1. The summed E-state index contributed by atoms with van der Waals surface area (Å²) >= 11 is 0. The number of hydrogen-bond acceptors (Lipinski definition) is 3. The zero-order valence-corrected chi connectivity index (χ0v) is 14.7. The van der Waals surface area contributed by atoms with Crippen LogP contribution in [0.5, 0.6) is 0 Å². The number of nitrogens with one attached hydrogen (secondary N) is 3. The van der Waals surface area contributed by atoms with Crippen molar-refractivity contribution in [2.75, 3.05) is 5.32 Å². The van der Waals surface area contributed by atoms with Crippen LogP contribution in [0.15, 0.2) is 48.7 Å². The summed E-state index contributed by atoms with van der Waals surface area (Å²) in [6, 6.07) is 11.9. The predicted molar refractivity (Wildman–Crippen MR) is 98.5 cm³/mol. The first-order valence-electron chi connectivity index (χ1n) is 8.39. The largest absolute Gasteiger partial charge is 0.350 e. The Bertz CT molecular complexity index is 701. The summed E-state index contributed by atoms with van der Waals surface area (Å²) in [5.41, 5.74) is 1.97. The molecule has 0 aliphatic heterocycles. The molecule has 132 valence electrons. The van der Waals surface area contributed by atoms with Gasteiger partial charge in [0.25, 0.3) is 5.91 Å². The molecule has 6 nitrogen and oxygen atoms in total. The third-order valence-corrected chi connectivity index (χ3v) is 3.87. The molecule has 0 spiro atoms. The minimum atomic E-state index is -0.324. The van der Waals surface area contributed by atoms with Crippen LogP contribution >= 0.6 is 0 Å². The van der Waals surface area contributed by atoms with Crippen molar-refractivity contribution >= 4 is 17.6 Å². The predicted octanol–water partition coefficient (Wildman–Crippen LogP) is 3.49. The van der Waals surface area contributed by atoms with Crippen LogP contribution < -0.4 is 16.0 Å². The number of aromatic nitrogens is 1. The molecule has 2 unspecified atom stereocenters. The molecule has 0 fully saturated rings. The summed E-state index contributed by atoms with van der Waals surface area (Å²) < 4.78 is 0. The highest BCUT2D eigenvalue weighted by atomic mass is 16.2. The van der Waals surface area contributed by atoms with E-state index in [4.69, 9.17) is 0 Å². The number of amides is 3. The fraction of sp³-hybridized carbons (Fsp3) is 0.316. The number of urea groups is 1. The van der Waals surface area contributed by atoms with Crippen molar-refractivity contribution in [1.29, 1.82) is 0 Å². The zero-order valence-electron chi connectivity index (χ0n) is 14.7. The molecule has 1 aromatic heterocycles. The summed E-state index contributed by atoms with van der Waals surface area (Å²) in [5.74, 6) is -0.117. The van der Waals surface area contributed by atoms with E-state index >= 15 is 0 Å². The third kappa shape index (κ3) is 5.60. The summed E-state index contributed by atoms with van der Waals surface area (Å²) in [6.07, 6.45) is 2.56. The molecule has 0 saturated carbocycles. The summed E-state index contributed by atoms with van der Waals surface area (Å²) in [7, 11) is 0. The van der Waals surface area contributed by atoms with Crippen LogP contribution in [-0.4, -0.2) is 23.0 Å². The van der Waals surface area contributed by atoms with Gasteiger partial charge in [0.1, 0.15) is 0 Å². The Balaban J connectivity index is 1.90. The molecule has 0 bridgehead atoms. The molecule has 0 saturated heterocycles. The fourth-order valence-corrected chi connectivity index (χ4v) is 2.18. The molecular formula is C19H24N4O2. The number of pyridine rings is 1.